The summed E-state index contributed by atoms with van der Waals surface area (Å²) in [4.78, 5) is 0. The average Bonchev–Trinajstić information content (AvgIpc) is 2.69. The van der Waals surface area contributed by atoms with Crippen LogP contribution in [0.1, 0.15) is 18.9 Å². The van der Waals surface area contributed by atoms with Crippen molar-refractivity contribution in [3.05, 3.63) is 89.7 Å². The lowest BCUT2D eigenvalue weighted by Crippen LogP contribution is -2.34. The van der Waals surface area contributed by atoms with Crippen molar-refractivity contribution in [2.75, 3.05) is 13.6 Å². The summed E-state index contributed by atoms with van der Waals surface area (Å²) in [6.45, 7) is 3.13. The van der Waals surface area contributed by atoms with Crippen LogP contribution in [0, 0.1) is 0 Å². The van der Waals surface area contributed by atoms with Crippen molar-refractivity contribution in [2.45, 2.75) is 19.4 Å². The summed E-state index contributed by atoms with van der Waals surface area (Å²) in [7, 11) is 2.01. The Kier molecular flexibility index (Phi) is 4.99. The second-order valence-corrected chi connectivity index (χ2v) is 6.98. The van der Waals surface area contributed by atoms with Crippen molar-refractivity contribution in [3.63, 3.8) is 0 Å². The molecule has 2 aromatic carbocycles. The van der Waals surface area contributed by atoms with Gasteiger partial charge in [-0.05, 0) is 49.3 Å². The number of rotatable bonds is 4. The smallest absolute Gasteiger partial charge is 0.136 e. The zero-order valence-corrected chi connectivity index (χ0v) is 15.8. The highest BCUT2D eigenvalue weighted by Gasteiger charge is 2.21. The first kappa shape index (κ1) is 17.4. The third kappa shape index (κ3) is 3.91. The van der Waals surface area contributed by atoms with E-state index in [-0.39, 0.29) is 0 Å². The van der Waals surface area contributed by atoms with E-state index in [1.54, 1.807) is 0 Å². The molecule has 0 spiro atoms. The second-order valence-electron chi connectivity index (χ2n) is 6.98. The molecule has 2 aromatic rings. The predicted molar refractivity (Wildman–Crippen MR) is 110 cm³/mol. The summed E-state index contributed by atoms with van der Waals surface area (Å²) in [5, 5.41) is 5.46. The van der Waals surface area contributed by atoms with Gasteiger partial charge < -0.3 is 10.1 Å². The highest BCUT2D eigenvalue weighted by Crippen LogP contribution is 2.35. The van der Waals surface area contributed by atoms with Gasteiger partial charge in [0.05, 0.1) is 5.70 Å². The van der Waals surface area contributed by atoms with Crippen molar-refractivity contribution in [1.29, 1.82) is 0 Å². The van der Waals surface area contributed by atoms with Crippen LogP contribution >= 0.6 is 0 Å². The van der Waals surface area contributed by atoms with Crippen LogP contribution in [0.25, 0.3) is 5.70 Å². The lowest BCUT2D eigenvalue weighted by molar-refractivity contribution is 0.390. The number of benzene rings is 2. The van der Waals surface area contributed by atoms with Gasteiger partial charge in [-0.2, -0.15) is 0 Å². The number of nitrogens with zero attached hydrogens (tertiary/aromatic N) is 1. The molecule has 0 fully saturated rings. The molecule has 1 unspecified atom stereocenters. The molecule has 2 N–H and O–H groups in total. The van der Waals surface area contributed by atoms with E-state index >= 15 is 0 Å². The summed E-state index contributed by atoms with van der Waals surface area (Å²) < 4.78 is 6.21. The minimum absolute atomic E-state index is 0.475. The number of para-hydroxylation sites is 2. The maximum atomic E-state index is 6.21. The number of hydrogen-bond donors (Lipinski definition) is 2. The van der Waals surface area contributed by atoms with Gasteiger partial charge in [-0.3, -0.25) is 10.4 Å². The molecular weight excluding hydrogens is 334 g/mol. The van der Waals surface area contributed by atoms with Crippen LogP contribution in [-0.4, -0.2) is 24.6 Å². The first-order chi connectivity index (χ1) is 13.2. The van der Waals surface area contributed by atoms with E-state index < -0.39 is 0 Å². The molecule has 0 bridgehead atoms. The summed E-state index contributed by atoms with van der Waals surface area (Å²) in [6, 6.07) is 18.6. The Morgan fingerprint density at radius 2 is 1.81 bits per heavy atom. The third-order valence-electron chi connectivity index (χ3n) is 4.84. The molecule has 4 rings (SSSR count). The van der Waals surface area contributed by atoms with Crippen LogP contribution in [0.2, 0.25) is 0 Å². The molecular formula is C23H25N3O. The fourth-order valence-corrected chi connectivity index (χ4v) is 3.48. The normalized spacial score (nSPS) is 19.6. The number of nitrogens with one attached hydrogen (secondary N) is 2. The van der Waals surface area contributed by atoms with Gasteiger partial charge >= 0.3 is 0 Å². The molecule has 138 valence electrons. The quantitative estimate of drug-likeness (QED) is 0.845. The molecule has 0 amide bonds. The van der Waals surface area contributed by atoms with E-state index in [0.29, 0.717) is 6.04 Å². The van der Waals surface area contributed by atoms with Crippen molar-refractivity contribution in [2.24, 2.45) is 0 Å². The van der Waals surface area contributed by atoms with Crippen LogP contribution in [0.4, 0.5) is 0 Å². The third-order valence-corrected chi connectivity index (χ3v) is 4.84. The fraction of sp³-hybridized carbons (Fsp3) is 0.217. The van der Waals surface area contributed by atoms with Crippen LogP contribution in [0.5, 0.6) is 11.5 Å². The van der Waals surface area contributed by atoms with Gasteiger partial charge in [0, 0.05) is 37.0 Å². The first-order valence-electron chi connectivity index (χ1n) is 9.38. The number of ether oxygens (including phenoxy) is 1. The Morgan fingerprint density at radius 3 is 2.63 bits per heavy atom. The van der Waals surface area contributed by atoms with Crippen LogP contribution in [-0.2, 0) is 0 Å². The van der Waals surface area contributed by atoms with Gasteiger partial charge in [-0.15, -0.1) is 0 Å². The van der Waals surface area contributed by atoms with E-state index in [4.69, 9.17) is 4.74 Å². The topological polar surface area (TPSA) is 36.5 Å². The lowest BCUT2D eigenvalue weighted by Gasteiger charge is -2.30. The molecule has 1 atom stereocenters. The summed E-state index contributed by atoms with van der Waals surface area (Å²) in [5.74, 6) is 1.68. The molecule has 2 aliphatic rings. The Balaban J connectivity index is 1.77. The number of hydrazine groups is 1. The van der Waals surface area contributed by atoms with Crippen molar-refractivity contribution in [1.82, 2.24) is 15.8 Å². The van der Waals surface area contributed by atoms with Gasteiger partial charge in [0.25, 0.3) is 0 Å². The summed E-state index contributed by atoms with van der Waals surface area (Å²) in [5.41, 5.74) is 8.23. The minimum atomic E-state index is 0.475. The molecule has 0 saturated heterocycles. The zero-order chi connectivity index (χ0) is 18.6. The Bertz CT molecular complexity index is 899. The molecule has 4 heteroatoms. The van der Waals surface area contributed by atoms with Gasteiger partial charge in [0.15, 0.2) is 0 Å². The van der Waals surface area contributed by atoms with Crippen LogP contribution in [0.15, 0.2) is 84.1 Å². The van der Waals surface area contributed by atoms with Gasteiger partial charge in [0.2, 0.25) is 0 Å². The average molecular weight is 359 g/mol. The van der Waals surface area contributed by atoms with Crippen LogP contribution < -0.4 is 15.5 Å². The van der Waals surface area contributed by atoms with E-state index in [1.165, 1.54) is 11.1 Å². The molecule has 4 nitrogen and oxygen atoms in total. The van der Waals surface area contributed by atoms with E-state index in [0.717, 1.165) is 35.7 Å². The summed E-state index contributed by atoms with van der Waals surface area (Å²) in [6.07, 6.45) is 7.55. The van der Waals surface area contributed by atoms with Gasteiger partial charge in [-0.1, -0.05) is 36.4 Å². The zero-order valence-electron chi connectivity index (χ0n) is 15.8. The second kappa shape index (κ2) is 7.72. The predicted octanol–water partition coefficient (Wildman–Crippen LogP) is 4.46. The van der Waals surface area contributed by atoms with Crippen molar-refractivity contribution < 1.29 is 4.74 Å². The highest BCUT2D eigenvalue weighted by molar-refractivity contribution is 5.78. The fourth-order valence-electron chi connectivity index (χ4n) is 3.48. The SMILES string of the molecule is CC1CC(C2=C(c3ccccc3Oc3ccccc3)NN(C)C=C2)=CCN1. The molecule has 0 saturated carbocycles. The minimum Gasteiger partial charge on any atom is -0.457 e. The van der Waals surface area contributed by atoms with E-state index in [9.17, 15) is 0 Å². The standard InChI is InChI=1S/C23H25N3O/c1-17-16-18(12-14-24-17)20-13-15-26(2)25-23(20)21-10-6-7-11-22(21)27-19-8-4-3-5-9-19/h3-13,15,17,24-25H,14,16H2,1-2H3. The number of hydrogen-bond acceptors (Lipinski definition) is 4. The first-order valence-corrected chi connectivity index (χ1v) is 9.38. The van der Waals surface area contributed by atoms with Crippen molar-refractivity contribution >= 4 is 5.70 Å². The van der Waals surface area contributed by atoms with E-state index in [1.807, 2.05) is 54.5 Å². The van der Waals surface area contributed by atoms with Gasteiger partial charge in [-0.25, -0.2) is 0 Å². The van der Waals surface area contributed by atoms with Crippen LogP contribution in [0.3, 0.4) is 0 Å². The summed E-state index contributed by atoms with van der Waals surface area (Å²) >= 11 is 0. The highest BCUT2D eigenvalue weighted by atomic mass is 16.5. The maximum Gasteiger partial charge on any atom is 0.136 e. The lowest BCUT2D eigenvalue weighted by atomic mass is 9.91. The molecule has 27 heavy (non-hydrogen) atoms. The molecule has 2 heterocycles. The largest absolute Gasteiger partial charge is 0.457 e. The monoisotopic (exact) mass is 359 g/mol. The Labute approximate surface area is 160 Å². The Hall–Kier alpha value is -2.98. The Morgan fingerprint density at radius 1 is 1.04 bits per heavy atom. The molecule has 0 aliphatic carbocycles. The molecule has 0 aromatic heterocycles. The number of allylic oxidation sites excluding steroid dienone is 2. The van der Waals surface area contributed by atoms with Gasteiger partial charge in [0.1, 0.15) is 11.5 Å². The van der Waals surface area contributed by atoms with E-state index in [2.05, 4.69) is 48.2 Å². The molecule has 2 aliphatic heterocycles. The van der Waals surface area contributed by atoms with Crippen molar-refractivity contribution in [3.8, 4) is 11.5 Å². The maximum absolute atomic E-state index is 6.21. The molecule has 0 radical (unpaired) electrons.